The Morgan fingerprint density at radius 1 is 0.760 bits per heavy atom. The van der Waals surface area contributed by atoms with Crippen LogP contribution in [0.4, 0.5) is 0 Å². The van der Waals surface area contributed by atoms with Crippen LogP contribution in [0.2, 0.25) is 0 Å². The Kier molecular flexibility index (Phi) is 3.80. The Morgan fingerprint density at radius 2 is 1.20 bits per heavy atom. The molecule has 0 amide bonds. The quantitative estimate of drug-likeness (QED) is 0.466. The molecule has 2 aliphatic carbocycles. The normalized spacial score (nSPS) is 20.9. The van der Waals surface area contributed by atoms with Gasteiger partial charge in [-0.15, -0.1) is 0 Å². The SMILES string of the molecule is C[CH]=[Hf]([CH]=O)([CH]=O)([CH]1C=Cc2ccccc21)[CH]1C=Cc2ccccc21. The first-order valence-corrected chi connectivity index (χ1v) is 19.0. The summed E-state index contributed by atoms with van der Waals surface area (Å²) in [7, 11) is 0. The zero-order valence-corrected chi connectivity index (χ0v) is 17.7. The predicted octanol–water partition coefficient (Wildman–Crippen LogP) is 4.41. The number of fused-ring (bicyclic) bond motifs is 2. The van der Waals surface area contributed by atoms with Gasteiger partial charge in [-0.25, -0.2) is 0 Å². The molecular formula is C22H20HfO2. The van der Waals surface area contributed by atoms with Crippen LogP contribution in [0, 0.1) is 0 Å². The maximum absolute atomic E-state index is 12.8. The molecule has 0 saturated carbocycles. The summed E-state index contributed by atoms with van der Waals surface area (Å²) in [6.07, 6.45) is 8.32. The van der Waals surface area contributed by atoms with Crippen molar-refractivity contribution in [2.75, 3.05) is 0 Å². The standard InChI is InChI=1S/2C9H7.C2H4.2CHO.Hf/c2*1-2-5-9-7-3-6-8(9)4-1;3*1-2;/h2*1-7H;1H,2H3;2*1H;. The van der Waals surface area contributed by atoms with Crippen molar-refractivity contribution in [2.24, 2.45) is 0 Å². The van der Waals surface area contributed by atoms with E-state index in [0.29, 0.717) is 0 Å². The molecule has 2 nitrogen and oxygen atoms in total. The second kappa shape index (κ2) is 5.77. The number of carbonyl (C=O) groups is 2. The fraction of sp³-hybridized carbons (Fsp3) is 0.136. The van der Waals surface area contributed by atoms with Gasteiger partial charge < -0.3 is 0 Å². The first-order valence-electron chi connectivity index (χ1n) is 8.63. The van der Waals surface area contributed by atoms with E-state index in [0.717, 1.165) is 30.3 Å². The molecule has 0 spiro atoms. The zero-order valence-electron chi connectivity index (χ0n) is 14.1. The van der Waals surface area contributed by atoms with Crippen molar-refractivity contribution in [3.05, 3.63) is 82.9 Å². The van der Waals surface area contributed by atoms with E-state index in [-0.39, 0.29) is 7.35 Å². The van der Waals surface area contributed by atoms with Gasteiger partial charge in [-0.2, -0.15) is 0 Å². The molecule has 124 valence electrons. The van der Waals surface area contributed by atoms with Crippen molar-refractivity contribution < 1.29 is 27.6 Å². The Bertz CT molecular complexity index is 931. The molecule has 2 aliphatic rings. The molecule has 0 radical (unpaired) electrons. The Hall–Kier alpha value is -2.00. The number of hydrogen-bond acceptors (Lipinski definition) is 2. The van der Waals surface area contributed by atoms with Crippen molar-refractivity contribution in [1.29, 1.82) is 0 Å². The van der Waals surface area contributed by atoms with Crippen molar-refractivity contribution in [2.45, 2.75) is 14.3 Å². The first kappa shape index (κ1) is 16.5. The van der Waals surface area contributed by atoms with Crippen LogP contribution in [0.25, 0.3) is 12.2 Å². The van der Waals surface area contributed by atoms with E-state index in [9.17, 15) is 9.59 Å². The van der Waals surface area contributed by atoms with E-state index in [4.69, 9.17) is 0 Å². The Morgan fingerprint density at radius 3 is 1.60 bits per heavy atom. The van der Waals surface area contributed by atoms with Gasteiger partial charge in [0.15, 0.2) is 0 Å². The van der Waals surface area contributed by atoms with Crippen molar-refractivity contribution in [1.82, 2.24) is 0 Å². The predicted molar refractivity (Wildman–Crippen MR) is 102 cm³/mol. The summed E-state index contributed by atoms with van der Waals surface area (Å²) < 4.78 is 3.98. The number of allylic oxidation sites excluding steroid dienone is 2. The van der Waals surface area contributed by atoms with Crippen LogP contribution in [0.5, 0.6) is 0 Å². The van der Waals surface area contributed by atoms with Crippen LogP contribution < -0.4 is 0 Å². The molecule has 0 bridgehead atoms. The van der Waals surface area contributed by atoms with Gasteiger partial charge in [-0.3, -0.25) is 0 Å². The molecule has 0 fully saturated rings. The number of hydrogen-bond donors (Lipinski definition) is 0. The van der Waals surface area contributed by atoms with Gasteiger partial charge in [0, 0.05) is 0 Å². The average molecular weight is 495 g/mol. The number of rotatable bonds is 4. The monoisotopic (exact) mass is 496 g/mol. The van der Waals surface area contributed by atoms with Gasteiger partial charge >= 0.3 is 149 Å². The first-order chi connectivity index (χ1) is 12.2. The minimum absolute atomic E-state index is 0.103. The minimum atomic E-state index is -4.85. The number of benzene rings is 2. The second-order valence-corrected chi connectivity index (χ2v) is 27.3. The van der Waals surface area contributed by atoms with E-state index in [1.54, 1.807) is 0 Å². The van der Waals surface area contributed by atoms with Gasteiger partial charge in [0.25, 0.3) is 0 Å². The second-order valence-electron chi connectivity index (χ2n) is 7.12. The zero-order chi connectivity index (χ0) is 17.5. The van der Waals surface area contributed by atoms with Gasteiger partial charge in [0.05, 0.1) is 0 Å². The topological polar surface area (TPSA) is 34.1 Å². The molecule has 0 aromatic heterocycles. The van der Waals surface area contributed by atoms with Crippen molar-refractivity contribution in [3.8, 4) is 0 Å². The van der Waals surface area contributed by atoms with Crippen LogP contribution in [0.1, 0.15) is 36.5 Å². The molecule has 0 aliphatic heterocycles. The average Bonchev–Trinajstić information content (AvgIpc) is 3.31. The van der Waals surface area contributed by atoms with E-state index in [1.165, 1.54) is 0 Å². The van der Waals surface area contributed by atoms with Crippen LogP contribution in [0.3, 0.4) is 0 Å². The summed E-state index contributed by atoms with van der Waals surface area (Å²) in [6, 6.07) is 16.2. The summed E-state index contributed by atoms with van der Waals surface area (Å²) in [5.41, 5.74) is 4.48. The third kappa shape index (κ3) is 2.02. The summed E-state index contributed by atoms with van der Waals surface area (Å²) in [5, 5.41) is 0. The van der Waals surface area contributed by atoms with Crippen molar-refractivity contribution >= 4 is 24.0 Å². The summed E-state index contributed by atoms with van der Waals surface area (Å²) in [4.78, 5) is 25.5. The fourth-order valence-corrected chi connectivity index (χ4v) is 22.9. The van der Waals surface area contributed by atoms with Crippen LogP contribution in [-0.2, 0) is 27.6 Å². The van der Waals surface area contributed by atoms with Crippen LogP contribution in [0.15, 0.2) is 60.7 Å². The van der Waals surface area contributed by atoms with Crippen LogP contribution in [-0.4, -0.2) is 11.8 Å². The summed E-state index contributed by atoms with van der Waals surface area (Å²) in [6.45, 7) is 1.92. The summed E-state index contributed by atoms with van der Waals surface area (Å²) in [5.74, 6) is 0. The molecule has 0 N–H and O–H groups in total. The Labute approximate surface area is 148 Å². The van der Waals surface area contributed by atoms with E-state index < -0.39 is 18.0 Å². The molecule has 4 rings (SSSR count). The van der Waals surface area contributed by atoms with Gasteiger partial charge in [-0.1, -0.05) is 0 Å². The molecule has 0 heterocycles. The maximum atomic E-state index is 12.8. The van der Waals surface area contributed by atoms with Crippen LogP contribution >= 0.6 is 0 Å². The Balaban J connectivity index is 2.03. The molecule has 2 aromatic rings. The molecule has 2 aromatic carbocycles. The third-order valence-corrected chi connectivity index (χ3v) is 28.9. The molecule has 3 heteroatoms. The molecule has 25 heavy (non-hydrogen) atoms. The molecule has 2 unspecified atom stereocenters. The van der Waals surface area contributed by atoms with Gasteiger partial charge in [0.1, 0.15) is 0 Å². The summed E-state index contributed by atoms with van der Waals surface area (Å²) >= 11 is -4.85. The molecule has 0 saturated heterocycles. The van der Waals surface area contributed by atoms with E-state index in [2.05, 4.69) is 48.6 Å². The van der Waals surface area contributed by atoms with Gasteiger partial charge in [-0.05, 0) is 0 Å². The molecule has 2 atom stereocenters. The van der Waals surface area contributed by atoms with E-state index in [1.807, 2.05) is 34.9 Å². The van der Waals surface area contributed by atoms with E-state index >= 15 is 0 Å². The number of carbonyl (C=O) groups excluding carboxylic acids is 2. The van der Waals surface area contributed by atoms with Gasteiger partial charge in [0.2, 0.25) is 0 Å². The fourth-order valence-electron chi connectivity index (χ4n) is 4.67. The molecular weight excluding hydrogens is 475 g/mol. The third-order valence-electron chi connectivity index (χ3n) is 6.25. The van der Waals surface area contributed by atoms with Crippen molar-refractivity contribution in [3.63, 3.8) is 0 Å².